The average Bonchev–Trinajstić information content (AvgIpc) is 3.51. The summed E-state index contributed by atoms with van der Waals surface area (Å²) in [5.41, 5.74) is 3.85. The first-order valence-electron chi connectivity index (χ1n) is 10.6. The summed E-state index contributed by atoms with van der Waals surface area (Å²) in [5, 5.41) is 14.7. The highest BCUT2D eigenvalue weighted by atomic mass is 35.5. The molecule has 5 aromatic rings. The summed E-state index contributed by atoms with van der Waals surface area (Å²) in [4.78, 5) is 19.2. The van der Waals surface area contributed by atoms with Crippen molar-refractivity contribution in [1.29, 1.82) is 5.26 Å². The van der Waals surface area contributed by atoms with Gasteiger partial charge < -0.3 is 5.32 Å². The van der Waals surface area contributed by atoms with E-state index in [1.54, 1.807) is 35.6 Å². The van der Waals surface area contributed by atoms with Crippen molar-refractivity contribution in [1.82, 2.24) is 4.98 Å². The number of aromatic nitrogens is 1. The van der Waals surface area contributed by atoms with E-state index in [-0.39, 0.29) is 5.91 Å². The minimum absolute atomic E-state index is 0.219. The van der Waals surface area contributed by atoms with Crippen molar-refractivity contribution in [2.24, 2.45) is 0 Å². The summed E-state index contributed by atoms with van der Waals surface area (Å²) >= 11 is 15.6. The molecule has 8 heteroatoms. The van der Waals surface area contributed by atoms with Crippen molar-refractivity contribution >= 4 is 67.7 Å². The molecule has 35 heavy (non-hydrogen) atoms. The number of carbonyl (C=O) groups is 1. The summed E-state index contributed by atoms with van der Waals surface area (Å²) < 4.78 is 1.11. The minimum Gasteiger partial charge on any atom is -0.321 e. The fourth-order valence-electron chi connectivity index (χ4n) is 3.77. The van der Waals surface area contributed by atoms with Gasteiger partial charge in [0.05, 0.1) is 32.0 Å². The number of aryl methyl sites for hydroxylation is 1. The quantitative estimate of drug-likeness (QED) is 0.246. The number of carbonyl (C=O) groups excluding carboxylic acids is 1. The monoisotopic (exact) mass is 533 g/mol. The average molecular weight is 534 g/mol. The summed E-state index contributed by atoms with van der Waals surface area (Å²) in [6.07, 6.45) is 0. The fraction of sp³-hybridized carbons (Fsp3) is 0.0741. The van der Waals surface area contributed by atoms with Crippen LogP contribution in [-0.4, -0.2) is 10.9 Å². The van der Waals surface area contributed by atoms with Gasteiger partial charge in [-0.25, -0.2) is 4.98 Å². The van der Waals surface area contributed by atoms with Crippen LogP contribution in [0, 0.1) is 18.3 Å². The Morgan fingerprint density at radius 2 is 1.80 bits per heavy atom. The second-order valence-electron chi connectivity index (χ2n) is 7.91. The van der Waals surface area contributed by atoms with E-state index in [2.05, 4.69) is 16.4 Å². The van der Waals surface area contributed by atoms with Crippen molar-refractivity contribution in [2.75, 3.05) is 5.32 Å². The number of hydrogen-bond acceptors (Lipinski definition) is 5. The topological polar surface area (TPSA) is 65.8 Å². The van der Waals surface area contributed by atoms with E-state index < -0.39 is 5.92 Å². The molecular formula is C27H17Cl2N3OS2. The number of para-hydroxylation sites is 1. The lowest BCUT2D eigenvalue weighted by Gasteiger charge is -2.16. The highest BCUT2D eigenvalue weighted by Crippen LogP contribution is 2.36. The highest BCUT2D eigenvalue weighted by molar-refractivity contribution is 7.26. The van der Waals surface area contributed by atoms with Gasteiger partial charge in [0.25, 0.3) is 5.91 Å². The Morgan fingerprint density at radius 1 is 1.03 bits per heavy atom. The zero-order valence-corrected chi connectivity index (χ0v) is 21.5. The van der Waals surface area contributed by atoms with Crippen LogP contribution in [0.15, 0.2) is 72.8 Å². The normalized spacial score (nSPS) is 11.8. The van der Waals surface area contributed by atoms with Gasteiger partial charge in [-0.15, -0.1) is 22.7 Å². The number of thiophene rings is 1. The fourth-order valence-corrected chi connectivity index (χ4v) is 6.10. The van der Waals surface area contributed by atoms with Crippen LogP contribution in [0.3, 0.4) is 0 Å². The van der Waals surface area contributed by atoms with Gasteiger partial charge in [0.15, 0.2) is 0 Å². The maximum Gasteiger partial charge on any atom is 0.265 e. The second-order valence-corrected chi connectivity index (χ2v) is 10.9. The molecule has 172 valence electrons. The summed E-state index contributed by atoms with van der Waals surface area (Å²) in [5.74, 6) is -0.763. The molecule has 0 saturated heterocycles. The van der Waals surface area contributed by atoms with Crippen LogP contribution >= 0.6 is 45.9 Å². The van der Waals surface area contributed by atoms with Gasteiger partial charge in [0, 0.05) is 15.7 Å². The Balaban J connectivity index is 1.38. The van der Waals surface area contributed by atoms with E-state index in [4.69, 9.17) is 23.2 Å². The lowest BCUT2D eigenvalue weighted by molar-refractivity contribution is 0.103. The summed E-state index contributed by atoms with van der Waals surface area (Å²) in [6.45, 7) is 1.88. The van der Waals surface area contributed by atoms with Gasteiger partial charge in [-0.1, -0.05) is 53.5 Å². The Kier molecular flexibility index (Phi) is 6.59. The molecule has 0 fully saturated rings. The van der Waals surface area contributed by atoms with Gasteiger partial charge in [-0.05, 0) is 66.1 Å². The van der Waals surface area contributed by atoms with Crippen LogP contribution in [0.2, 0.25) is 10.0 Å². The Morgan fingerprint density at radius 3 is 2.54 bits per heavy atom. The Labute approximate surface area is 220 Å². The van der Waals surface area contributed by atoms with Gasteiger partial charge in [0.1, 0.15) is 5.01 Å². The van der Waals surface area contributed by atoms with Crippen molar-refractivity contribution in [3.05, 3.63) is 104 Å². The lowest BCUT2D eigenvalue weighted by Crippen LogP contribution is -2.12. The Hall–Kier alpha value is -3.21. The van der Waals surface area contributed by atoms with Gasteiger partial charge in [0.2, 0.25) is 0 Å². The van der Waals surface area contributed by atoms with Crippen molar-refractivity contribution in [3.63, 3.8) is 0 Å². The number of hydrogen-bond donors (Lipinski definition) is 1. The maximum atomic E-state index is 13.0. The number of halogens is 2. The first-order valence-corrected chi connectivity index (χ1v) is 13.0. The highest BCUT2D eigenvalue weighted by Gasteiger charge is 2.20. The molecule has 0 aliphatic heterocycles. The van der Waals surface area contributed by atoms with Crippen LogP contribution < -0.4 is 5.32 Å². The molecule has 0 aliphatic rings. The zero-order chi connectivity index (χ0) is 24.5. The van der Waals surface area contributed by atoms with Gasteiger partial charge in [-0.2, -0.15) is 5.26 Å². The van der Waals surface area contributed by atoms with Crippen LogP contribution in [0.5, 0.6) is 0 Å². The molecule has 2 aromatic heterocycles. The van der Waals surface area contributed by atoms with Crippen LogP contribution in [-0.2, 0) is 0 Å². The van der Waals surface area contributed by atoms with E-state index in [9.17, 15) is 10.1 Å². The van der Waals surface area contributed by atoms with Gasteiger partial charge >= 0.3 is 0 Å². The molecule has 1 amide bonds. The van der Waals surface area contributed by atoms with Crippen LogP contribution in [0.25, 0.3) is 20.1 Å². The molecule has 0 bridgehead atoms. The zero-order valence-electron chi connectivity index (χ0n) is 18.4. The minimum atomic E-state index is -0.545. The number of anilines is 1. The second kappa shape index (κ2) is 9.80. The molecule has 1 unspecified atom stereocenters. The van der Waals surface area contributed by atoms with Crippen molar-refractivity contribution in [3.8, 4) is 16.0 Å². The van der Waals surface area contributed by atoms with E-state index in [1.165, 1.54) is 11.3 Å². The van der Waals surface area contributed by atoms with E-state index in [0.29, 0.717) is 26.2 Å². The van der Waals surface area contributed by atoms with Crippen LogP contribution in [0.4, 0.5) is 5.69 Å². The molecule has 4 nitrogen and oxygen atoms in total. The smallest absolute Gasteiger partial charge is 0.265 e. The molecule has 1 N–H and O–H groups in total. The third-order valence-electron chi connectivity index (χ3n) is 5.57. The van der Waals surface area contributed by atoms with Crippen molar-refractivity contribution < 1.29 is 4.79 Å². The number of nitriles is 1. The number of thiazole rings is 1. The number of amides is 1. The van der Waals surface area contributed by atoms with Crippen molar-refractivity contribution in [2.45, 2.75) is 12.8 Å². The number of nitrogens with zero attached hydrogens (tertiary/aromatic N) is 2. The molecule has 0 saturated carbocycles. The summed E-state index contributed by atoms with van der Waals surface area (Å²) in [6, 6.07) is 24.7. The van der Waals surface area contributed by atoms with Gasteiger partial charge in [-0.3, -0.25) is 4.79 Å². The number of nitrogens with one attached hydrogen (secondary N) is 1. The number of benzene rings is 3. The predicted molar refractivity (Wildman–Crippen MR) is 146 cm³/mol. The third kappa shape index (κ3) is 4.82. The third-order valence-corrected chi connectivity index (χ3v) is 8.44. The first-order chi connectivity index (χ1) is 16.9. The SMILES string of the molecule is Cc1cc(C(C#N)c2ccc(Cl)cc2)c(Cl)cc1NC(=O)c1ccc(-c2nc3ccccc3s2)s1. The van der Waals surface area contributed by atoms with Crippen LogP contribution in [0.1, 0.15) is 32.3 Å². The molecule has 0 aliphatic carbocycles. The van der Waals surface area contributed by atoms with E-state index in [0.717, 1.165) is 31.2 Å². The molecule has 3 aromatic carbocycles. The molecule has 1 atom stereocenters. The van der Waals surface area contributed by atoms with E-state index in [1.807, 2.05) is 55.5 Å². The summed E-state index contributed by atoms with van der Waals surface area (Å²) in [7, 11) is 0. The predicted octanol–water partition coefficient (Wildman–Crippen LogP) is 8.55. The molecule has 0 spiro atoms. The first kappa shape index (κ1) is 23.5. The lowest BCUT2D eigenvalue weighted by atomic mass is 9.91. The number of fused-ring (bicyclic) bond motifs is 1. The molecule has 2 heterocycles. The van der Waals surface area contributed by atoms with E-state index >= 15 is 0 Å². The molecule has 0 radical (unpaired) electrons. The number of rotatable bonds is 5. The largest absolute Gasteiger partial charge is 0.321 e. The molecular weight excluding hydrogens is 517 g/mol. The Bertz CT molecular complexity index is 1570. The standard InChI is InChI=1S/C27H17Cl2N3OS2/c1-15-12-18(19(14-30)16-6-8-17(28)9-7-16)20(29)13-22(15)31-26(33)24-10-11-25(34-24)27-32-21-4-2-3-5-23(21)35-27/h2-13,19H,1H3,(H,31,33). The molecule has 5 rings (SSSR count). The maximum absolute atomic E-state index is 13.0.